The second-order valence-corrected chi connectivity index (χ2v) is 5.27. The highest BCUT2D eigenvalue weighted by Crippen LogP contribution is 2.10. The van der Waals surface area contributed by atoms with Gasteiger partial charge in [-0.2, -0.15) is 0 Å². The molecule has 96 valence electrons. The smallest absolute Gasteiger partial charge is 0.128 e. The van der Waals surface area contributed by atoms with Gasteiger partial charge in [0.2, 0.25) is 0 Å². The molecular formula is C13H23N3O. The van der Waals surface area contributed by atoms with Crippen LogP contribution in [0.5, 0.6) is 0 Å². The topological polar surface area (TPSA) is 48.4 Å². The molecule has 0 aromatic carbocycles. The summed E-state index contributed by atoms with van der Waals surface area (Å²) in [7, 11) is 1.92. The van der Waals surface area contributed by atoms with Crippen LogP contribution in [0.3, 0.4) is 0 Å². The van der Waals surface area contributed by atoms with E-state index in [-0.39, 0.29) is 12.1 Å². The molecule has 0 spiro atoms. The standard InChI is InChI=1S/C13H23N3O/c1-13(2,3)15-10-11-5-6-12(14-9-11)16(4)7-8-17/h5-6,9,15,17H,7-8,10H2,1-4H3. The molecule has 1 aromatic heterocycles. The molecule has 0 unspecified atom stereocenters. The molecule has 4 heteroatoms. The highest BCUT2D eigenvalue weighted by Gasteiger charge is 2.08. The molecule has 0 aliphatic carbocycles. The molecule has 0 aliphatic rings. The fraction of sp³-hybridized carbons (Fsp3) is 0.615. The summed E-state index contributed by atoms with van der Waals surface area (Å²) in [4.78, 5) is 6.30. The van der Waals surface area contributed by atoms with Crippen molar-refractivity contribution in [3.63, 3.8) is 0 Å². The first-order valence-corrected chi connectivity index (χ1v) is 5.94. The van der Waals surface area contributed by atoms with Crippen LogP contribution in [0.2, 0.25) is 0 Å². The Morgan fingerprint density at radius 1 is 1.35 bits per heavy atom. The number of pyridine rings is 1. The molecule has 0 fully saturated rings. The van der Waals surface area contributed by atoms with E-state index in [0.29, 0.717) is 6.54 Å². The van der Waals surface area contributed by atoms with Crippen molar-refractivity contribution in [3.8, 4) is 0 Å². The third-order valence-electron chi connectivity index (χ3n) is 2.46. The zero-order chi connectivity index (χ0) is 12.9. The number of anilines is 1. The van der Waals surface area contributed by atoms with Gasteiger partial charge in [-0.1, -0.05) is 6.07 Å². The minimum absolute atomic E-state index is 0.117. The van der Waals surface area contributed by atoms with Crippen molar-refractivity contribution in [2.45, 2.75) is 32.9 Å². The maximum absolute atomic E-state index is 8.85. The number of nitrogens with zero attached hydrogens (tertiary/aromatic N) is 2. The van der Waals surface area contributed by atoms with Crippen molar-refractivity contribution in [1.82, 2.24) is 10.3 Å². The Balaban J connectivity index is 2.56. The van der Waals surface area contributed by atoms with E-state index in [0.717, 1.165) is 12.4 Å². The maximum Gasteiger partial charge on any atom is 0.128 e. The Bertz CT molecular complexity index is 330. The van der Waals surface area contributed by atoms with E-state index in [1.807, 2.05) is 24.2 Å². The third kappa shape index (κ3) is 5.15. The lowest BCUT2D eigenvalue weighted by atomic mass is 10.1. The highest BCUT2D eigenvalue weighted by atomic mass is 16.3. The number of aliphatic hydroxyl groups is 1. The number of hydrogen-bond acceptors (Lipinski definition) is 4. The number of aliphatic hydroxyl groups excluding tert-OH is 1. The van der Waals surface area contributed by atoms with Crippen LogP contribution in [0, 0.1) is 0 Å². The van der Waals surface area contributed by atoms with E-state index >= 15 is 0 Å². The number of aromatic nitrogens is 1. The predicted molar refractivity (Wildman–Crippen MR) is 71.2 cm³/mol. The van der Waals surface area contributed by atoms with E-state index in [2.05, 4.69) is 37.1 Å². The molecule has 2 N–H and O–H groups in total. The molecule has 1 aromatic rings. The molecule has 4 nitrogen and oxygen atoms in total. The van der Waals surface area contributed by atoms with E-state index in [1.54, 1.807) is 0 Å². The highest BCUT2D eigenvalue weighted by molar-refractivity contribution is 5.38. The first-order chi connectivity index (χ1) is 7.92. The van der Waals surface area contributed by atoms with E-state index < -0.39 is 0 Å². The third-order valence-corrected chi connectivity index (χ3v) is 2.46. The molecule has 0 aliphatic heterocycles. The van der Waals surface area contributed by atoms with Gasteiger partial charge in [-0.25, -0.2) is 4.98 Å². The Morgan fingerprint density at radius 3 is 2.53 bits per heavy atom. The largest absolute Gasteiger partial charge is 0.395 e. The van der Waals surface area contributed by atoms with Gasteiger partial charge in [0.25, 0.3) is 0 Å². The quantitative estimate of drug-likeness (QED) is 0.812. The molecule has 0 atom stereocenters. The Morgan fingerprint density at radius 2 is 2.06 bits per heavy atom. The van der Waals surface area contributed by atoms with Crippen LogP contribution in [-0.2, 0) is 6.54 Å². The van der Waals surface area contributed by atoms with Crippen molar-refractivity contribution in [2.75, 3.05) is 25.1 Å². The molecule has 0 radical (unpaired) electrons. The fourth-order valence-electron chi connectivity index (χ4n) is 1.38. The Labute approximate surface area is 104 Å². The van der Waals surface area contributed by atoms with Crippen LogP contribution >= 0.6 is 0 Å². The molecular weight excluding hydrogens is 214 g/mol. The molecule has 17 heavy (non-hydrogen) atoms. The molecule has 0 saturated heterocycles. The van der Waals surface area contributed by atoms with Gasteiger partial charge in [0.05, 0.1) is 6.61 Å². The van der Waals surface area contributed by atoms with Gasteiger partial charge < -0.3 is 15.3 Å². The van der Waals surface area contributed by atoms with Gasteiger partial charge in [-0.15, -0.1) is 0 Å². The zero-order valence-electron chi connectivity index (χ0n) is 11.2. The lowest BCUT2D eigenvalue weighted by Crippen LogP contribution is -2.35. The van der Waals surface area contributed by atoms with E-state index in [1.165, 1.54) is 5.56 Å². The molecule has 0 amide bonds. The van der Waals surface area contributed by atoms with Crippen molar-refractivity contribution in [3.05, 3.63) is 23.9 Å². The van der Waals surface area contributed by atoms with Gasteiger partial charge >= 0.3 is 0 Å². The van der Waals surface area contributed by atoms with Gasteiger partial charge in [0.1, 0.15) is 5.82 Å². The molecule has 1 rings (SSSR count). The Hall–Kier alpha value is -1.13. The molecule has 0 bridgehead atoms. The minimum Gasteiger partial charge on any atom is -0.395 e. The first-order valence-electron chi connectivity index (χ1n) is 5.94. The first kappa shape index (κ1) is 13.9. The Kier molecular flexibility index (Phi) is 4.90. The molecule has 0 saturated carbocycles. The summed E-state index contributed by atoms with van der Waals surface area (Å²) in [6.45, 7) is 8.00. The van der Waals surface area contributed by atoms with Crippen LogP contribution in [0.15, 0.2) is 18.3 Å². The summed E-state index contributed by atoms with van der Waals surface area (Å²) in [5.41, 5.74) is 1.29. The van der Waals surface area contributed by atoms with Gasteiger partial charge in [0.15, 0.2) is 0 Å². The monoisotopic (exact) mass is 237 g/mol. The van der Waals surface area contributed by atoms with Crippen molar-refractivity contribution >= 4 is 5.82 Å². The normalized spacial score (nSPS) is 11.6. The second-order valence-electron chi connectivity index (χ2n) is 5.27. The summed E-state index contributed by atoms with van der Waals surface area (Å²) in [5, 5.41) is 12.3. The fourth-order valence-corrected chi connectivity index (χ4v) is 1.38. The summed E-state index contributed by atoms with van der Waals surface area (Å²) in [6, 6.07) is 4.05. The number of nitrogens with one attached hydrogen (secondary N) is 1. The summed E-state index contributed by atoms with van der Waals surface area (Å²) < 4.78 is 0. The predicted octanol–water partition coefficient (Wildman–Crippen LogP) is 1.40. The maximum atomic E-state index is 8.85. The van der Waals surface area contributed by atoms with E-state index in [4.69, 9.17) is 5.11 Å². The second kappa shape index (κ2) is 5.98. The van der Waals surface area contributed by atoms with E-state index in [9.17, 15) is 0 Å². The summed E-state index contributed by atoms with van der Waals surface area (Å²) in [5.74, 6) is 0.888. The minimum atomic E-state index is 0.117. The van der Waals surface area contributed by atoms with Crippen molar-refractivity contribution < 1.29 is 5.11 Å². The van der Waals surface area contributed by atoms with Gasteiger partial charge in [-0.05, 0) is 32.4 Å². The SMILES string of the molecule is CN(CCO)c1ccc(CNC(C)(C)C)cn1. The van der Waals surface area contributed by atoms with Crippen LogP contribution in [0.25, 0.3) is 0 Å². The van der Waals surface area contributed by atoms with Crippen LogP contribution in [0.1, 0.15) is 26.3 Å². The zero-order valence-corrected chi connectivity index (χ0v) is 11.2. The van der Waals surface area contributed by atoms with Gasteiger partial charge in [0, 0.05) is 31.9 Å². The molecule has 1 heterocycles. The van der Waals surface area contributed by atoms with Crippen LogP contribution in [-0.4, -0.2) is 35.8 Å². The summed E-state index contributed by atoms with van der Waals surface area (Å²) in [6.07, 6.45) is 1.88. The van der Waals surface area contributed by atoms with Crippen LogP contribution in [0.4, 0.5) is 5.82 Å². The van der Waals surface area contributed by atoms with Crippen LogP contribution < -0.4 is 10.2 Å². The number of rotatable bonds is 5. The lowest BCUT2D eigenvalue weighted by molar-refractivity contribution is 0.304. The summed E-state index contributed by atoms with van der Waals surface area (Å²) >= 11 is 0. The van der Waals surface area contributed by atoms with Crippen molar-refractivity contribution in [1.29, 1.82) is 0 Å². The lowest BCUT2D eigenvalue weighted by Gasteiger charge is -2.21. The number of likely N-dealkylation sites (N-methyl/N-ethyl adjacent to an activating group) is 1. The number of hydrogen-bond donors (Lipinski definition) is 2. The van der Waals surface area contributed by atoms with Gasteiger partial charge in [-0.3, -0.25) is 0 Å². The average molecular weight is 237 g/mol. The average Bonchev–Trinajstić information content (AvgIpc) is 2.26. The van der Waals surface area contributed by atoms with Crippen molar-refractivity contribution in [2.24, 2.45) is 0 Å².